The Kier molecular flexibility index (Phi) is 32.9. The molecule has 3 unspecified atom stereocenters. The maximum atomic E-state index is 12.7. The molecule has 1 aliphatic heterocycles. The molecule has 6 atom stereocenters. The molecule has 0 spiro atoms. The van der Waals surface area contributed by atoms with Crippen LogP contribution >= 0.6 is 0 Å². The van der Waals surface area contributed by atoms with Crippen LogP contribution in [0, 0.1) is 0 Å². The van der Waals surface area contributed by atoms with E-state index in [1.807, 2.05) is 36.5 Å². The van der Waals surface area contributed by atoms with Gasteiger partial charge >= 0.3 is 11.9 Å². The molecule has 1 saturated heterocycles. The third-order valence-corrected chi connectivity index (χ3v) is 9.17. The van der Waals surface area contributed by atoms with E-state index in [-0.39, 0.29) is 26.1 Å². The van der Waals surface area contributed by atoms with Gasteiger partial charge in [0.1, 0.15) is 31.0 Å². The molecule has 0 aromatic heterocycles. The molecule has 0 radical (unpaired) electrons. The Morgan fingerprint density at radius 3 is 1.61 bits per heavy atom. The molecule has 4 N–H and O–H groups in total. The molecule has 1 fully saturated rings. The van der Waals surface area contributed by atoms with Gasteiger partial charge in [0.05, 0.1) is 13.2 Å². The SMILES string of the molecule is CC/C=C/C=C/C=C/C=C/CCCCCC(=O)OC(COC(=O)CCCCCCC/C=C/C=C/C=C/CCCCCCC)CO[C@H]1O[C@@H](CO)[C@@H](O)C(O)C1O. The number of aliphatic hydroxyl groups is 4. The second-order valence-electron chi connectivity index (χ2n) is 14.2. The molecule has 1 aliphatic rings. The van der Waals surface area contributed by atoms with E-state index in [0.29, 0.717) is 12.8 Å². The first-order valence-corrected chi connectivity index (χ1v) is 21.2. The first-order valence-electron chi connectivity index (χ1n) is 21.2. The van der Waals surface area contributed by atoms with Crippen LogP contribution in [0.4, 0.5) is 0 Å². The fourth-order valence-corrected chi connectivity index (χ4v) is 5.79. The molecule has 0 bridgehead atoms. The number of allylic oxidation sites excluding steroid dienone is 14. The number of unbranched alkanes of at least 4 members (excludes halogenated alkanes) is 13. The van der Waals surface area contributed by atoms with Gasteiger partial charge in [-0.05, 0) is 57.8 Å². The van der Waals surface area contributed by atoms with Gasteiger partial charge in [-0.3, -0.25) is 9.59 Å². The van der Waals surface area contributed by atoms with E-state index >= 15 is 0 Å². The number of esters is 2. The van der Waals surface area contributed by atoms with Crippen LogP contribution in [0.1, 0.15) is 136 Å². The highest BCUT2D eigenvalue weighted by Crippen LogP contribution is 2.22. The molecule has 1 rings (SSSR count). The van der Waals surface area contributed by atoms with E-state index in [4.69, 9.17) is 18.9 Å². The summed E-state index contributed by atoms with van der Waals surface area (Å²) in [5.41, 5.74) is 0. The van der Waals surface area contributed by atoms with Gasteiger partial charge < -0.3 is 39.4 Å². The number of carbonyl (C=O) groups excluding carboxylic acids is 2. The molecule has 10 heteroatoms. The largest absolute Gasteiger partial charge is 0.462 e. The van der Waals surface area contributed by atoms with E-state index in [9.17, 15) is 30.0 Å². The number of carbonyl (C=O) groups is 2. The second kappa shape index (κ2) is 36.2. The molecule has 1 heterocycles. The van der Waals surface area contributed by atoms with Crippen LogP contribution in [0.25, 0.3) is 0 Å². The van der Waals surface area contributed by atoms with Crippen molar-refractivity contribution in [3.8, 4) is 0 Å². The van der Waals surface area contributed by atoms with Crippen LogP contribution in [0.2, 0.25) is 0 Å². The van der Waals surface area contributed by atoms with Crippen molar-refractivity contribution in [3.05, 3.63) is 85.1 Å². The lowest BCUT2D eigenvalue weighted by Crippen LogP contribution is -2.59. The van der Waals surface area contributed by atoms with E-state index in [2.05, 4.69) is 62.5 Å². The Labute approximate surface area is 337 Å². The molecule has 318 valence electrons. The number of rotatable bonds is 33. The Balaban J connectivity index is 2.40. The predicted molar refractivity (Wildman–Crippen MR) is 224 cm³/mol. The van der Waals surface area contributed by atoms with Crippen LogP contribution in [0.3, 0.4) is 0 Å². The first-order chi connectivity index (χ1) is 27.3. The van der Waals surface area contributed by atoms with Gasteiger partial charge in [-0.15, -0.1) is 0 Å². The number of hydrogen-bond acceptors (Lipinski definition) is 10. The zero-order valence-electron chi connectivity index (χ0n) is 34.3. The van der Waals surface area contributed by atoms with Crippen molar-refractivity contribution in [3.63, 3.8) is 0 Å². The average Bonchev–Trinajstić information content (AvgIpc) is 3.19. The van der Waals surface area contributed by atoms with Gasteiger partial charge in [0.2, 0.25) is 0 Å². The highest BCUT2D eigenvalue weighted by molar-refractivity contribution is 5.70. The monoisotopic (exact) mass is 787 g/mol. The third-order valence-electron chi connectivity index (χ3n) is 9.17. The van der Waals surface area contributed by atoms with Crippen molar-refractivity contribution in [2.24, 2.45) is 0 Å². The lowest BCUT2D eigenvalue weighted by Gasteiger charge is -2.39. The van der Waals surface area contributed by atoms with Crippen molar-refractivity contribution in [2.75, 3.05) is 19.8 Å². The number of hydrogen-bond donors (Lipinski definition) is 4. The molecule has 0 aromatic rings. The quantitative estimate of drug-likeness (QED) is 0.0289. The van der Waals surface area contributed by atoms with E-state index in [0.717, 1.165) is 64.2 Å². The van der Waals surface area contributed by atoms with Gasteiger partial charge in [0.15, 0.2) is 12.4 Å². The summed E-state index contributed by atoms with van der Waals surface area (Å²) >= 11 is 0. The van der Waals surface area contributed by atoms with Gasteiger partial charge in [-0.2, -0.15) is 0 Å². The minimum absolute atomic E-state index is 0.174. The highest BCUT2D eigenvalue weighted by atomic mass is 16.7. The molecule has 10 nitrogen and oxygen atoms in total. The normalized spacial score (nSPS) is 21.3. The fraction of sp³-hybridized carbons (Fsp3) is 0.652. The summed E-state index contributed by atoms with van der Waals surface area (Å²) in [7, 11) is 0. The molecule has 0 saturated carbocycles. The minimum Gasteiger partial charge on any atom is -0.462 e. The van der Waals surface area contributed by atoms with Crippen molar-refractivity contribution in [1.29, 1.82) is 0 Å². The summed E-state index contributed by atoms with van der Waals surface area (Å²) in [6.07, 6.45) is 38.8. The standard InChI is InChI=1S/C46H74O10/c1-3-5-7-9-11-13-15-17-18-19-20-21-23-24-26-28-30-32-34-41(48)53-37-39(38-54-46-45(52)44(51)43(50)40(36-47)56-46)55-42(49)35-33-31-29-27-25-22-16-14-12-10-8-6-4-2/h6,8,10,12,14-22,25,39-40,43-47,50-52H,3-5,7,9,11,13,23-24,26-38H2,1-2H3/b8-6+,12-10+,16-14+,17-15+,19-18+,21-20+,25-22+/t39?,40-,43+,44?,45?,46-/m0/s1. The van der Waals surface area contributed by atoms with Crippen LogP contribution in [0.5, 0.6) is 0 Å². The van der Waals surface area contributed by atoms with Crippen molar-refractivity contribution < 1.29 is 49.0 Å². The fourth-order valence-electron chi connectivity index (χ4n) is 5.79. The van der Waals surface area contributed by atoms with E-state index in [1.165, 1.54) is 32.1 Å². The Morgan fingerprint density at radius 1 is 0.571 bits per heavy atom. The van der Waals surface area contributed by atoms with E-state index < -0.39 is 55.4 Å². The Bertz CT molecular complexity index is 1180. The summed E-state index contributed by atoms with van der Waals surface area (Å²) in [5, 5.41) is 40.0. The third kappa shape index (κ3) is 27.5. The van der Waals surface area contributed by atoms with Gasteiger partial charge in [-0.25, -0.2) is 0 Å². The van der Waals surface area contributed by atoms with Crippen molar-refractivity contribution in [1.82, 2.24) is 0 Å². The van der Waals surface area contributed by atoms with Crippen LogP contribution in [-0.2, 0) is 28.5 Å². The smallest absolute Gasteiger partial charge is 0.306 e. The minimum atomic E-state index is -1.61. The van der Waals surface area contributed by atoms with E-state index in [1.54, 1.807) is 0 Å². The molecule has 0 amide bonds. The maximum absolute atomic E-state index is 12.7. The topological polar surface area (TPSA) is 152 Å². The molecule has 0 aromatic carbocycles. The van der Waals surface area contributed by atoms with Crippen molar-refractivity contribution in [2.45, 2.75) is 173 Å². The van der Waals surface area contributed by atoms with Crippen LogP contribution in [0.15, 0.2) is 85.1 Å². The lowest BCUT2D eigenvalue weighted by atomic mass is 9.99. The zero-order valence-corrected chi connectivity index (χ0v) is 34.3. The average molecular weight is 787 g/mol. The lowest BCUT2D eigenvalue weighted by molar-refractivity contribution is -0.305. The molecule has 56 heavy (non-hydrogen) atoms. The molecule has 0 aliphatic carbocycles. The molecular weight excluding hydrogens is 712 g/mol. The summed E-state index contributed by atoms with van der Waals surface area (Å²) in [6.45, 7) is 3.17. The zero-order chi connectivity index (χ0) is 40.9. The first kappa shape index (κ1) is 50.9. The summed E-state index contributed by atoms with van der Waals surface area (Å²) in [5.74, 6) is -0.886. The Morgan fingerprint density at radius 2 is 1.05 bits per heavy atom. The highest BCUT2D eigenvalue weighted by Gasteiger charge is 2.44. The summed E-state index contributed by atoms with van der Waals surface area (Å²) in [4.78, 5) is 25.3. The van der Waals surface area contributed by atoms with Crippen LogP contribution in [-0.4, -0.2) is 89.0 Å². The van der Waals surface area contributed by atoms with Gasteiger partial charge in [-0.1, -0.05) is 150 Å². The molecular formula is C46H74O10. The van der Waals surface area contributed by atoms with Crippen molar-refractivity contribution >= 4 is 11.9 Å². The van der Waals surface area contributed by atoms with Gasteiger partial charge in [0.25, 0.3) is 0 Å². The number of aliphatic hydroxyl groups excluding tert-OH is 4. The summed E-state index contributed by atoms with van der Waals surface area (Å²) < 4.78 is 22.0. The van der Waals surface area contributed by atoms with Crippen LogP contribution < -0.4 is 0 Å². The Hall–Kier alpha value is -3.12. The predicted octanol–water partition coefficient (Wildman–Crippen LogP) is 8.60. The maximum Gasteiger partial charge on any atom is 0.306 e. The summed E-state index contributed by atoms with van der Waals surface area (Å²) in [6, 6.07) is 0. The second-order valence-corrected chi connectivity index (χ2v) is 14.2. The number of ether oxygens (including phenoxy) is 4. The van der Waals surface area contributed by atoms with Gasteiger partial charge in [0, 0.05) is 12.8 Å².